The Morgan fingerprint density at radius 3 is 2.76 bits per heavy atom. The third kappa shape index (κ3) is 2.56. The molecule has 5 nitrogen and oxygen atoms in total. The van der Waals surface area contributed by atoms with Crippen LogP contribution in [-0.4, -0.2) is 48.2 Å². The van der Waals surface area contributed by atoms with Crippen LogP contribution in [0, 0.1) is 0 Å². The van der Waals surface area contributed by atoms with E-state index in [1.807, 2.05) is 18.5 Å². The van der Waals surface area contributed by atoms with Gasteiger partial charge in [0.05, 0.1) is 0 Å². The summed E-state index contributed by atoms with van der Waals surface area (Å²) in [4.78, 5) is 10.9. The van der Waals surface area contributed by atoms with Crippen molar-refractivity contribution in [3.05, 3.63) is 18.5 Å². The Balaban J connectivity index is 1.59. The van der Waals surface area contributed by atoms with Gasteiger partial charge in [0, 0.05) is 50.7 Å². The largest absolute Gasteiger partial charge is 0.339 e. The lowest BCUT2D eigenvalue weighted by Gasteiger charge is -2.38. The van der Waals surface area contributed by atoms with E-state index in [0.29, 0.717) is 12.1 Å². The number of nitrogens with zero attached hydrogens (tertiary/aromatic N) is 3. The molecule has 1 aromatic rings. The molecule has 2 N–H and O–H groups in total. The van der Waals surface area contributed by atoms with Crippen molar-refractivity contribution in [1.29, 1.82) is 0 Å². The summed E-state index contributed by atoms with van der Waals surface area (Å²) in [7, 11) is 0. The first kappa shape index (κ1) is 10.9. The summed E-state index contributed by atoms with van der Waals surface area (Å²) in [6.07, 6.45) is 6.11. The SMILES string of the molecule is c1cnc(N2CCCC(NC3CNC3)C2)nc1. The Hall–Kier alpha value is -1.20. The zero-order valence-electron chi connectivity index (χ0n) is 9.97. The van der Waals surface area contributed by atoms with Gasteiger partial charge in [0.15, 0.2) is 0 Å². The van der Waals surface area contributed by atoms with Crippen LogP contribution in [0.25, 0.3) is 0 Å². The molecule has 2 aliphatic heterocycles. The first-order chi connectivity index (χ1) is 8.42. The number of hydrogen-bond donors (Lipinski definition) is 2. The zero-order chi connectivity index (χ0) is 11.5. The molecule has 0 aliphatic carbocycles. The fourth-order valence-electron chi connectivity index (χ4n) is 2.49. The van der Waals surface area contributed by atoms with E-state index in [0.717, 1.165) is 32.1 Å². The smallest absolute Gasteiger partial charge is 0.225 e. The Bertz CT molecular complexity index is 351. The quantitative estimate of drug-likeness (QED) is 0.770. The van der Waals surface area contributed by atoms with Crippen LogP contribution >= 0.6 is 0 Å². The molecular formula is C12H19N5. The molecule has 0 spiro atoms. The molecule has 92 valence electrons. The number of hydrogen-bond acceptors (Lipinski definition) is 5. The molecule has 0 saturated carbocycles. The number of aromatic nitrogens is 2. The van der Waals surface area contributed by atoms with E-state index in [4.69, 9.17) is 0 Å². The summed E-state index contributed by atoms with van der Waals surface area (Å²) in [5, 5.41) is 6.99. The molecule has 3 rings (SSSR count). The highest BCUT2D eigenvalue weighted by Crippen LogP contribution is 2.15. The Morgan fingerprint density at radius 2 is 2.06 bits per heavy atom. The Labute approximate surface area is 102 Å². The van der Waals surface area contributed by atoms with E-state index < -0.39 is 0 Å². The van der Waals surface area contributed by atoms with Gasteiger partial charge in [-0.1, -0.05) is 0 Å². The first-order valence-corrected chi connectivity index (χ1v) is 6.40. The third-order valence-corrected chi connectivity index (χ3v) is 3.51. The maximum atomic E-state index is 4.32. The van der Waals surface area contributed by atoms with Gasteiger partial charge in [-0.15, -0.1) is 0 Å². The molecule has 0 amide bonds. The minimum atomic E-state index is 0.583. The van der Waals surface area contributed by atoms with E-state index >= 15 is 0 Å². The lowest BCUT2D eigenvalue weighted by atomic mass is 10.0. The van der Waals surface area contributed by atoms with Gasteiger partial charge in [-0.2, -0.15) is 0 Å². The molecule has 3 heterocycles. The molecular weight excluding hydrogens is 214 g/mol. The number of piperidine rings is 1. The van der Waals surface area contributed by atoms with Gasteiger partial charge in [0.2, 0.25) is 5.95 Å². The van der Waals surface area contributed by atoms with Crippen molar-refractivity contribution >= 4 is 5.95 Å². The van der Waals surface area contributed by atoms with E-state index in [9.17, 15) is 0 Å². The average Bonchev–Trinajstić information content (AvgIpc) is 2.35. The highest BCUT2D eigenvalue weighted by Gasteiger charge is 2.25. The second-order valence-corrected chi connectivity index (χ2v) is 4.86. The molecule has 0 bridgehead atoms. The molecule has 17 heavy (non-hydrogen) atoms. The van der Waals surface area contributed by atoms with Crippen LogP contribution in [-0.2, 0) is 0 Å². The van der Waals surface area contributed by atoms with Crippen molar-refractivity contribution in [3.8, 4) is 0 Å². The van der Waals surface area contributed by atoms with E-state index in [-0.39, 0.29) is 0 Å². The fourth-order valence-corrected chi connectivity index (χ4v) is 2.49. The number of nitrogens with one attached hydrogen (secondary N) is 2. The lowest BCUT2D eigenvalue weighted by Crippen LogP contribution is -2.60. The van der Waals surface area contributed by atoms with Crippen LogP contribution in [0.3, 0.4) is 0 Å². The Kier molecular flexibility index (Phi) is 3.20. The van der Waals surface area contributed by atoms with Crippen molar-refractivity contribution in [2.24, 2.45) is 0 Å². The predicted octanol–water partition coefficient (Wildman–Crippen LogP) is 0.00680. The predicted molar refractivity (Wildman–Crippen MR) is 67.1 cm³/mol. The van der Waals surface area contributed by atoms with Gasteiger partial charge < -0.3 is 15.5 Å². The number of rotatable bonds is 3. The van der Waals surface area contributed by atoms with E-state index in [1.165, 1.54) is 12.8 Å². The van der Waals surface area contributed by atoms with Crippen molar-refractivity contribution < 1.29 is 0 Å². The van der Waals surface area contributed by atoms with Gasteiger partial charge >= 0.3 is 0 Å². The maximum Gasteiger partial charge on any atom is 0.225 e. The Morgan fingerprint density at radius 1 is 1.24 bits per heavy atom. The van der Waals surface area contributed by atoms with Crippen LogP contribution in [0.5, 0.6) is 0 Å². The third-order valence-electron chi connectivity index (χ3n) is 3.51. The van der Waals surface area contributed by atoms with Gasteiger partial charge in [-0.3, -0.25) is 0 Å². The van der Waals surface area contributed by atoms with Gasteiger partial charge in [-0.05, 0) is 18.9 Å². The minimum Gasteiger partial charge on any atom is -0.339 e. The summed E-state index contributed by atoms with van der Waals surface area (Å²) in [5.41, 5.74) is 0. The summed E-state index contributed by atoms with van der Waals surface area (Å²) in [5.74, 6) is 0.866. The van der Waals surface area contributed by atoms with Crippen LogP contribution in [0.2, 0.25) is 0 Å². The summed E-state index contributed by atoms with van der Waals surface area (Å²) in [6.45, 7) is 4.32. The molecule has 0 aromatic carbocycles. The van der Waals surface area contributed by atoms with Crippen LogP contribution < -0.4 is 15.5 Å². The van der Waals surface area contributed by atoms with Crippen molar-refractivity contribution in [1.82, 2.24) is 20.6 Å². The highest BCUT2D eigenvalue weighted by molar-refractivity contribution is 5.29. The molecule has 0 radical (unpaired) electrons. The average molecular weight is 233 g/mol. The van der Waals surface area contributed by atoms with Gasteiger partial charge in [0.1, 0.15) is 0 Å². The highest BCUT2D eigenvalue weighted by atomic mass is 15.3. The topological polar surface area (TPSA) is 53.1 Å². The van der Waals surface area contributed by atoms with Gasteiger partial charge in [0.25, 0.3) is 0 Å². The fraction of sp³-hybridized carbons (Fsp3) is 0.667. The first-order valence-electron chi connectivity index (χ1n) is 6.40. The molecule has 1 unspecified atom stereocenters. The summed E-state index contributed by atoms with van der Waals surface area (Å²) >= 11 is 0. The second-order valence-electron chi connectivity index (χ2n) is 4.86. The monoisotopic (exact) mass is 233 g/mol. The van der Waals surface area contributed by atoms with Crippen molar-refractivity contribution in [2.45, 2.75) is 24.9 Å². The molecule has 1 atom stereocenters. The standard InChI is InChI=1S/C12H19N5/c1-3-10(16-11-7-13-8-11)9-17(6-1)12-14-4-2-5-15-12/h2,4-5,10-11,13,16H,1,3,6-9H2. The molecule has 2 aliphatic rings. The maximum absolute atomic E-state index is 4.32. The zero-order valence-corrected chi connectivity index (χ0v) is 9.97. The minimum absolute atomic E-state index is 0.583. The van der Waals surface area contributed by atoms with Crippen molar-refractivity contribution in [3.63, 3.8) is 0 Å². The lowest BCUT2D eigenvalue weighted by molar-refractivity contribution is 0.303. The summed E-state index contributed by atoms with van der Waals surface area (Å²) in [6, 6.07) is 3.11. The normalized spacial score (nSPS) is 25.6. The second kappa shape index (κ2) is 4.98. The van der Waals surface area contributed by atoms with Crippen LogP contribution in [0.4, 0.5) is 5.95 Å². The molecule has 2 saturated heterocycles. The van der Waals surface area contributed by atoms with E-state index in [2.05, 4.69) is 25.5 Å². The molecule has 1 aromatic heterocycles. The molecule has 2 fully saturated rings. The van der Waals surface area contributed by atoms with Crippen LogP contribution in [0.15, 0.2) is 18.5 Å². The van der Waals surface area contributed by atoms with Gasteiger partial charge in [-0.25, -0.2) is 9.97 Å². The summed E-state index contributed by atoms with van der Waals surface area (Å²) < 4.78 is 0. The van der Waals surface area contributed by atoms with Crippen molar-refractivity contribution in [2.75, 3.05) is 31.1 Å². The van der Waals surface area contributed by atoms with E-state index in [1.54, 1.807) is 0 Å². The number of anilines is 1. The molecule has 5 heteroatoms. The van der Waals surface area contributed by atoms with Crippen LogP contribution in [0.1, 0.15) is 12.8 Å².